The van der Waals surface area contributed by atoms with Gasteiger partial charge in [-0.25, -0.2) is 4.39 Å². The fourth-order valence-corrected chi connectivity index (χ4v) is 2.33. The molecular formula is C19H21FO2. The predicted molar refractivity (Wildman–Crippen MR) is 86.6 cm³/mol. The normalized spacial score (nSPS) is 13.0. The van der Waals surface area contributed by atoms with Crippen LogP contribution in [-0.4, -0.2) is 11.1 Å². The Labute approximate surface area is 130 Å². The number of hydrogen-bond donors (Lipinski definition) is 1. The third-order valence-electron chi connectivity index (χ3n) is 3.93. The van der Waals surface area contributed by atoms with E-state index in [1.807, 2.05) is 24.3 Å². The highest BCUT2D eigenvalue weighted by atomic mass is 19.1. The van der Waals surface area contributed by atoms with Crippen LogP contribution in [0, 0.1) is 5.82 Å². The summed E-state index contributed by atoms with van der Waals surface area (Å²) in [6.45, 7) is 7.94. The number of halogens is 1. The van der Waals surface area contributed by atoms with Gasteiger partial charge in [-0.15, -0.1) is 0 Å². The summed E-state index contributed by atoms with van der Waals surface area (Å²) >= 11 is 0. The van der Waals surface area contributed by atoms with Crippen molar-refractivity contribution in [1.29, 1.82) is 0 Å². The van der Waals surface area contributed by atoms with Crippen LogP contribution in [0.3, 0.4) is 0 Å². The zero-order valence-electron chi connectivity index (χ0n) is 13.4. The molecule has 2 aromatic rings. The zero-order chi connectivity index (χ0) is 16.5. The van der Waals surface area contributed by atoms with Crippen LogP contribution in [0.2, 0.25) is 0 Å². The van der Waals surface area contributed by atoms with E-state index in [9.17, 15) is 9.18 Å². The third kappa shape index (κ3) is 3.35. The van der Waals surface area contributed by atoms with Crippen molar-refractivity contribution < 1.29 is 14.3 Å². The summed E-state index contributed by atoms with van der Waals surface area (Å²) in [5.41, 5.74) is 2.99. The second-order valence-electron chi connectivity index (χ2n) is 6.63. The lowest BCUT2D eigenvalue weighted by Gasteiger charge is -2.19. The minimum Gasteiger partial charge on any atom is -0.481 e. The van der Waals surface area contributed by atoms with Gasteiger partial charge in [0.1, 0.15) is 5.82 Å². The van der Waals surface area contributed by atoms with Gasteiger partial charge in [-0.05, 0) is 35.1 Å². The minimum atomic E-state index is -0.957. The van der Waals surface area contributed by atoms with Crippen LogP contribution in [0.4, 0.5) is 4.39 Å². The van der Waals surface area contributed by atoms with Crippen molar-refractivity contribution in [1.82, 2.24) is 0 Å². The second kappa shape index (κ2) is 5.91. The van der Waals surface area contributed by atoms with E-state index < -0.39 is 17.7 Å². The molecule has 0 bridgehead atoms. The van der Waals surface area contributed by atoms with E-state index in [1.54, 1.807) is 19.1 Å². The Morgan fingerprint density at radius 3 is 2.14 bits per heavy atom. The van der Waals surface area contributed by atoms with Gasteiger partial charge in [0.25, 0.3) is 0 Å². The second-order valence-corrected chi connectivity index (χ2v) is 6.63. The number of carboxylic acids is 1. The lowest BCUT2D eigenvalue weighted by atomic mass is 9.86. The molecule has 0 aromatic heterocycles. The lowest BCUT2D eigenvalue weighted by molar-refractivity contribution is -0.138. The van der Waals surface area contributed by atoms with Crippen LogP contribution >= 0.6 is 0 Å². The molecule has 3 heteroatoms. The van der Waals surface area contributed by atoms with Crippen LogP contribution in [0.25, 0.3) is 11.1 Å². The van der Waals surface area contributed by atoms with Crippen LogP contribution in [0.5, 0.6) is 0 Å². The number of rotatable bonds is 3. The average Bonchev–Trinajstić information content (AvgIpc) is 2.45. The molecule has 0 radical (unpaired) electrons. The summed E-state index contributed by atoms with van der Waals surface area (Å²) in [5, 5.41) is 9.00. The molecule has 0 amide bonds. The van der Waals surface area contributed by atoms with Crippen molar-refractivity contribution in [3.63, 3.8) is 0 Å². The third-order valence-corrected chi connectivity index (χ3v) is 3.93. The molecule has 0 fully saturated rings. The molecular weight excluding hydrogens is 279 g/mol. The Hall–Kier alpha value is -2.16. The molecule has 1 N–H and O–H groups in total. The summed E-state index contributed by atoms with van der Waals surface area (Å²) in [6.07, 6.45) is 0. The van der Waals surface area contributed by atoms with Gasteiger partial charge in [-0.1, -0.05) is 57.2 Å². The Morgan fingerprint density at radius 2 is 1.68 bits per heavy atom. The Morgan fingerprint density at radius 1 is 1.09 bits per heavy atom. The first kappa shape index (κ1) is 16.2. The fraction of sp³-hybridized carbons (Fsp3) is 0.316. The van der Waals surface area contributed by atoms with E-state index in [0.717, 1.165) is 5.56 Å². The molecule has 0 aliphatic rings. The zero-order valence-corrected chi connectivity index (χ0v) is 13.4. The number of aliphatic carboxylic acids is 1. The molecule has 2 rings (SSSR count). The van der Waals surface area contributed by atoms with Crippen LogP contribution in [-0.2, 0) is 10.2 Å². The van der Waals surface area contributed by atoms with E-state index >= 15 is 0 Å². The SMILES string of the molecule is CC(C(=O)O)c1ccc(-c2ccc(C(C)(C)C)cc2)c(F)c1. The summed E-state index contributed by atoms with van der Waals surface area (Å²) < 4.78 is 14.3. The van der Waals surface area contributed by atoms with Gasteiger partial charge in [-0.3, -0.25) is 4.79 Å². The van der Waals surface area contributed by atoms with Crippen molar-refractivity contribution in [2.75, 3.05) is 0 Å². The smallest absolute Gasteiger partial charge is 0.310 e. The van der Waals surface area contributed by atoms with Crippen LogP contribution in [0.15, 0.2) is 42.5 Å². The van der Waals surface area contributed by atoms with E-state index in [1.165, 1.54) is 11.6 Å². The molecule has 2 aromatic carbocycles. The molecule has 0 heterocycles. The van der Waals surface area contributed by atoms with Crippen LogP contribution in [0.1, 0.15) is 44.7 Å². The minimum absolute atomic E-state index is 0.0534. The highest BCUT2D eigenvalue weighted by molar-refractivity contribution is 5.76. The topological polar surface area (TPSA) is 37.3 Å². The standard InChI is InChI=1S/C19H21FO2/c1-12(18(21)22)14-7-10-16(17(20)11-14)13-5-8-15(9-6-13)19(2,3)4/h5-12H,1-4H3,(H,21,22). The van der Waals surface area contributed by atoms with Crippen molar-refractivity contribution in [3.05, 3.63) is 59.4 Å². The molecule has 116 valence electrons. The van der Waals surface area contributed by atoms with Gasteiger partial charge in [0, 0.05) is 5.56 Å². The van der Waals surface area contributed by atoms with Gasteiger partial charge in [-0.2, -0.15) is 0 Å². The number of carboxylic acid groups (broad SMARTS) is 1. The summed E-state index contributed by atoms with van der Waals surface area (Å²) in [7, 11) is 0. The van der Waals surface area contributed by atoms with E-state index in [4.69, 9.17) is 5.11 Å². The lowest BCUT2D eigenvalue weighted by Crippen LogP contribution is -2.10. The maximum Gasteiger partial charge on any atom is 0.310 e. The highest BCUT2D eigenvalue weighted by Crippen LogP contribution is 2.29. The maximum absolute atomic E-state index is 14.3. The molecule has 0 aliphatic carbocycles. The maximum atomic E-state index is 14.3. The monoisotopic (exact) mass is 300 g/mol. The van der Waals surface area contributed by atoms with Crippen LogP contribution < -0.4 is 0 Å². The quantitative estimate of drug-likeness (QED) is 0.868. The van der Waals surface area contributed by atoms with Crippen molar-refractivity contribution in [2.45, 2.75) is 39.0 Å². The largest absolute Gasteiger partial charge is 0.481 e. The van der Waals surface area contributed by atoms with Gasteiger partial charge in [0.15, 0.2) is 0 Å². The van der Waals surface area contributed by atoms with Gasteiger partial charge in [0.2, 0.25) is 0 Å². The van der Waals surface area contributed by atoms with Crippen molar-refractivity contribution in [2.24, 2.45) is 0 Å². The predicted octanol–water partition coefficient (Wildman–Crippen LogP) is 4.98. The molecule has 2 nitrogen and oxygen atoms in total. The summed E-state index contributed by atoms with van der Waals surface area (Å²) in [5.74, 6) is -2.07. The molecule has 0 saturated carbocycles. The average molecular weight is 300 g/mol. The number of carbonyl (C=O) groups is 1. The van der Waals surface area contributed by atoms with Crippen molar-refractivity contribution in [3.8, 4) is 11.1 Å². The van der Waals surface area contributed by atoms with Gasteiger partial charge < -0.3 is 5.11 Å². The molecule has 1 unspecified atom stereocenters. The van der Waals surface area contributed by atoms with E-state index in [2.05, 4.69) is 20.8 Å². The first-order valence-corrected chi connectivity index (χ1v) is 7.33. The molecule has 0 aliphatic heterocycles. The van der Waals surface area contributed by atoms with Gasteiger partial charge in [0.05, 0.1) is 5.92 Å². The number of benzene rings is 2. The van der Waals surface area contributed by atoms with E-state index in [-0.39, 0.29) is 5.41 Å². The summed E-state index contributed by atoms with van der Waals surface area (Å²) in [4.78, 5) is 11.0. The fourth-order valence-electron chi connectivity index (χ4n) is 2.33. The molecule has 1 atom stereocenters. The van der Waals surface area contributed by atoms with Crippen molar-refractivity contribution >= 4 is 5.97 Å². The highest BCUT2D eigenvalue weighted by Gasteiger charge is 2.17. The van der Waals surface area contributed by atoms with Gasteiger partial charge >= 0.3 is 5.97 Å². The Bertz CT molecular complexity index is 682. The molecule has 22 heavy (non-hydrogen) atoms. The number of hydrogen-bond acceptors (Lipinski definition) is 1. The molecule has 0 spiro atoms. The Kier molecular flexibility index (Phi) is 4.36. The molecule has 0 saturated heterocycles. The Balaban J connectivity index is 2.36. The first-order valence-electron chi connectivity index (χ1n) is 7.33. The van der Waals surface area contributed by atoms with E-state index in [0.29, 0.717) is 11.1 Å². The summed E-state index contributed by atoms with van der Waals surface area (Å²) in [6, 6.07) is 12.4. The first-order chi connectivity index (χ1) is 10.2.